The molecule has 2 aliphatic carbocycles. The summed E-state index contributed by atoms with van der Waals surface area (Å²) >= 11 is 0. The molecule has 128 valence electrons. The molecule has 0 radical (unpaired) electrons. The molecule has 24 heavy (non-hydrogen) atoms. The Hall–Kier alpha value is -2.08. The Morgan fingerprint density at radius 3 is 2.38 bits per heavy atom. The van der Waals surface area contributed by atoms with Gasteiger partial charge in [0.1, 0.15) is 11.5 Å². The number of amides is 1. The highest BCUT2D eigenvalue weighted by atomic mass is 16.7. The zero-order valence-electron chi connectivity index (χ0n) is 14.3. The van der Waals surface area contributed by atoms with Gasteiger partial charge in [-0.3, -0.25) is 9.59 Å². The maximum Gasteiger partial charge on any atom is 0.233 e. The smallest absolute Gasteiger partial charge is 0.233 e. The van der Waals surface area contributed by atoms with Gasteiger partial charge in [0.25, 0.3) is 0 Å². The minimum Gasteiger partial charge on any atom is -0.454 e. The van der Waals surface area contributed by atoms with E-state index in [0.29, 0.717) is 17.1 Å². The molecule has 0 saturated heterocycles. The van der Waals surface area contributed by atoms with Crippen LogP contribution in [-0.4, -0.2) is 48.2 Å². The van der Waals surface area contributed by atoms with Crippen LogP contribution in [0.5, 0.6) is 11.5 Å². The van der Waals surface area contributed by atoms with Crippen LogP contribution in [0.4, 0.5) is 0 Å². The third-order valence-electron chi connectivity index (χ3n) is 5.61. The van der Waals surface area contributed by atoms with E-state index in [1.807, 2.05) is 19.9 Å². The Bertz CT molecular complexity index is 769. The second-order valence-corrected chi connectivity index (χ2v) is 7.85. The number of fused-ring (bicyclic) bond motifs is 4. The van der Waals surface area contributed by atoms with Crippen LogP contribution in [0.3, 0.4) is 0 Å². The molecule has 1 aromatic rings. The van der Waals surface area contributed by atoms with Gasteiger partial charge in [0, 0.05) is 26.4 Å². The largest absolute Gasteiger partial charge is 0.454 e. The van der Waals surface area contributed by atoms with Crippen molar-refractivity contribution >= 4 is 11.7 Å². The third kappa shape index (κ3) is 1.69. The van der Waals surface area contributed by atoms with Gasteiger partial charge in [-0.15, -0.1) is 0 Å². The van der Waals surface area contributed by atoms with Gasteiger partial charge in [-0.05, 0) is 28.7 Å². The molecule has 1 heterocycles. The number of ether oxygens (including phenoxy) is 2. The van der Waals surface area contributed by atoms with Crippen molar-refractivity contribution in [2.24, 2.45) is 5.41 Å². The summed E-state index contributed by atoms with van der Waals surface area (Å²) in [6.45, 7) is 4.07. The summed E-state index contributed by atoms with van der Waals surface area (Å²) in [7, 11) is 3.27. The highest BCUT2D eigenvalue weighted by Crippen LogP contribution is 2.64. The van der Waals surface area contributed by atoms with Crippen LogP contribution in [0.25, 0.3) is 0 Å². The first-order valence-electron chi connectivity index (χ1n) is 8.08. The van der Waals surface area contributed by atoms with E-state index in [1.165, 1.54) is 4.90 Å². The normalized spacial score (nSPS) is 31.8. The van der Waals surface area contributed by atoms with Crippen LogP contribution >= 0.6 is 0 Å². The molecule has 1 fully saturated rings. The van der Waals surface area contributed by atoms with Gasteiger partial charge < -0.3 is 19.5 Å². The molecule has 1 aromatic carbocycles. The molecule has 0 bridgehead atoms. The van der Waals surface area contributed by atoms with Crippen molar-refractivity contribution in [3.8, 4) is 11.5 Å². The summed E-state index contributed by atoms with van der Waals surface area (Å²) in [5, 5.41) is 11.4. The van der Waals surface area contributed by atoms with E-state index in [9.17, 15) is 14.7 Å². The van der Waals surface area contributed by atoms with Crippen molar-refractivity contribution in [2.45, 2.75) is 37.7 Å². The second-order valence-electron chi connectivity index (χ2n) is 7.85. The fraction of sp³-hybridized carbons (Fsp3) is 0.556. The fourth-order valence-corrected chi connectivity index (χ4v) is 4.69. The van der Waals surface area contributed by atoms with Crippen LogP contribution in [0.2, 0.25) is 0 Å². The first-order valence-corrected chi connectivity index (χ1v) is 8.08. The molecule has 6 nitrogen and oxygen atoms in total. The number of aliphatic hydroxyl groups is 1. The highest BCUT2D eigenvalue weighted by molar-refractivity contribution is 6.02. The molecular formula is C18H21NO5. The van der Waals surface area contributed by atoms with Gasteiger partial charge in [-0.2, -0.15) is 0 Å². The molecule has 0 aromatic heterocycles. The van der Waals surface area contributed by atoms with Crippen molar-refractivity contribution < 1.29 is 24.2 Å². The Morgan fingerprint density at radius 2 is 1.79 bits per heavy atom. The molecule has 1 aliphatic heterocycles. The second kappa shape index (κ2) is 4.51. The SMILES string of the molecule is CN(C)C(=O)[C@H]1c2cc3c(cc2[C@@H]2C(C)(C)CC(=O)[C@@]21O)OCO3. The molecule has 6 heteroatoms. The first-order chi connectivity index (χ1) is 11.2. The number of carbonyl (C=O) groups is 2. The van der Waals surface area contributed by atoms with E-state index in [2.05, 4.69) is 0 Å². The zero-order valence-corrected chi connectivity index (χ0v) is 14.3. The van der Waals surface area contributed by atoms with Crippen LogP contribution in [-0.2, 0) is 9.59 Å². The monoisotopic (exact) mass is 331 g/mol. The fourth-order valence-electron chi connectivity index (χ4n) is 4.69. The summed E-state index contributed by atoms with van der Waals surface area (Å²) < 4.78 is 10.9. The van der Waals surface area contributed by atoms with E-state index in [1.54, 1.807) is 20.2 Å². The van der Waals surface area contributed by atoms with Crippen molar-refractivity contribution in [2.75, 3.05) is 20.9 Å². The predicted octanol–water partition coefficient (Wildman–Crippen LogP) is 1.41. The quantitative estimate of drug-likeness (QED) is 0.842. The van der Waals surface area contributed by atoms with E-state index in [0.717, 1.165) is 5.56 Å². The Morgan fingerprint density at radius 1 is 1.21 bits per heavy atom. The van der Waals surface area contributed by atoms with Crippen molar-refractivity contribution in [1.82, 2.24) is 4.90 Å². The number of carbonyl (C=O) groups excluding carboxylic acids is 2. The Labute approximate surface area is 140 Å². The number of hydrogen-bond acceptors (Lipinski definition) is 5. The highest BCUT2D eigenvalue weighted by Gasteiger charge is 2.68. The summed E-state index contributed by atoms with van der Waals surface area (Å²) in [6.07, 6.45) is 0.249. The number of nitrogens with zero attached hydrogens (tertiary/aromatic N) is 1. The summed E-state index contributed by atoms with van der Waals surface area (Å²) in [6, 6.07) is 3.58. The van der Waals surface area contributed by atoms with Crippen LogP contribution in [0.15, 0.2) is 12.1 Å². The van der Waals surface area contributed by atoms with E-state index in [-0.39, 0.29) is 24.9 Å². The number of benzene rings is 1. The van der Waals surface area contributed by atoms with Crippen LogP contribution in [0.1, 0.15) is 43.2 Å². The molecule has 3 aliphatic rings. The van der Waals surface area contributed by atoms with Gasteiger partial charge in [0.2, 0.25) is 12.7 Å². The maximum atomic E-state index is 12.9. The van der Waals surface area contributed by atoms with Gasteiger partial charge in [0.05, 0.1) is 0 Å². The zero-order chi connectivity index (χ0) is 17.4. The number of rotatable bonds is 1. The van der Waals surface area contributed by atoms with E-state index in [4.69, 9.17) is 9.47 Å². The lowest BCUT2D eigenvalue weighted by Gasteiger charge is -2.33. The lowest BCUT2D eigenvalue weighted by Crippen LogP contribution is -2.47. The van der Waals surface area contributed by atoms with Crippen LogP contribution in [0, 0.1) is 5.41 Å². The van der Waals surface area contributed by atoms with Gasteiger partial charge in [-0.25, -0.2) is 0 Å². The third-order valence-corrected chi connectivity index (χ3v) is 5.61. The predicted molar refractivity (Wildman–Crippen MR) is 85.1 cm³/mol. The molecule has 0 unspecified atom stereocenters. The molecular weight excluding hydrogens is 310 g/mol. The molecule has 1 N–H and O–H groups in total. The van der Waals surface area contributed by atoms with Crippen molar-refractivity contribution in [1.29, 1.82) is 0 Å². The molecule has 3 atom stereocenters. The Balaban J connectivity index is 1.99. The standard InChI is InChI=1S/C18H21NO5/c1-17(2)7-13(20)18(22)14(16(21)19(3)4)9-5-11-12(24-8-23-11)6-10(9)15(17)18/h5-6,14-15,22H,7-8H2,1-4H3/t14-,15-,18+/m1/s1. The first kappa shape index (κ1) is 15.4. The molecule has 1 amide bonds. The Kier molecular flexibility index (Phi) is 2.90. The summed E-state index contributed by atoms with van der Waals surface area (Å²) in [5.74, 6) is -0.724. The number of hydrogen-bond donors (Lipinski definition) is 1. The lowest BCUT2D eigenvalue weighted by atomic mass is 9.74. The summed E-state index contributed by atoms with van der Waals surface area (Å²) in [4.78, 5) is 27.1. The number of likely N-dealkylation sites (N-methyl/N-ethyl adjacent to an activating group) is 1. The topological polar surface area (TPSA) is 76.1 Å². The minimum absolute atomic E-state index is 0.141. The average molecular weight is 331 g/mol. The maximum absolute atomic E-state index is 12.9. The van der Waals surface area contributed by atoms with Crippen LogP contribution < -0.4 is 9.47 Å². The van der Waals surface area contributed by atoms with E-state index >= 15 is 0 Å². The van der Waals surface area contributed by atoms with E-state index < -0.39 is 22.9 Å². The molecule has 1 saturated carbocycles. The minimum atomic E-state index is -1.71. The molecule has 0 spiro atoms. The summed E-state index contributed by atoms with van der Waals surface area (Å²) in [5.41, 5.74) is -0.651. The van der Waals surface area contributed by atoms with Gasteiger partial charge in [0.15, 0.2) is 17.3 Å². The number of Topliss-reactive ketones (excluding diaryl/α,β-unsaturated/α-hetero) is 1. The number of ketones is 1. The van der Waals surface area contributed by atoms with Crippen molar-refractivity contribution in [3.05, 3.63) is 23.3 Å². The van der Waals surface area contributed by atoms with Crippen molar-refractivity contribution in [3.63, 3.8) is 0 Å². The lowest BCUT2D eigenvalue weighted by molar-refractivity contribution is -0.147. The van der Waals surface area contributed by atoms with Gasteiger partial charge in [-0.1, -0.05) is 13.8 Å². The van der Waals surface area contributed by atoms with Gasteiger partial charge >= 0.3 is 0 Å². The molecule has 4 rings (SSSR count). The average Bonchev–Trinajstić information content (AvgIpc) is 3.07.